The van der Waals surface area contributed by atoms with E-state index in [2.05, 4.69) is 13.8 Å². The number of allylic oxidation sites excluding steroid dienone is 1. The lowest BCUT2D eigenvalue weighted by atomic mass is 9.53. The van der Waals surface area contributed by atoms with Crippen molar-refractivity contribution in [3.8, 4) is 0 Å². The molecule has 4 aliphatic rings. The predicted octanol–water partition coefficient (Wildman–Crippen LogP) is 2.64. The van der Waals surface area contributed by atoms with E-state index in [-0.39, 0.29) is 23.7 Å². The Balaban J connectivity index is 1.69. The van der Waals surface area contributed by atoms with Gasteiger partial charge >= 0.3 is 0 Å². The topological polar surface area (TPSA) is 60.7 Å². The highest BCUT2D eigenvalue weighted by Crippen LogP contribution is 2.62. The number of fused-ring (bicyclic) bond motifs is 4. The lowest BCUT2D eigenvalue weighted by Gasteiger charge is -2.53. The fourth-order valence-electron chi connectivity index (χ4n) is 6.55. The van der Waals surface area contributed by atoms with Crippen molar-refractivity contribution in [2.45, 2.75) is 77.1 Å². The molecule has 0 radical (unpaired) electrons. The predicted molar refractivity (Wildman–Crippen MR) is 85.1 cm³/mol. The van der Waals surface area contributed by atoms with Crippen molar-refractivity contribution in [1.82, 2.24) is 0 Å². The molecule has 0 aliphatic heterocycles. The van der Waals surface area contributed by atoms with Crippen molar-refractivity contribution < 1.29 is 15.3 Å². The Morgan fingerprint density at radius 3 is 2.64 bits per heavy atom. The summed E-state index contributed by atoms with van der Waals surface area (Å²) >= 11 is 0. The second kappa shape index (κ2) is 5.06. The molecule has 3 N–H and O–H groups in total. The van der Waals surface area contributed by atoms with Crippen LogP contribution in [-0.4, -0.2) is 33.6 Å². The second-order valence-electron chi connectivity index (χ2n) is 8.79. The molecule has 0 amide bonds. The summed E-state index contributed by atoms with van der Waals surface area (Å²) in [5.74, 6) is 1.63. The Morgan fingerprint density at radius 1 is 1.09 bits per heavy atom. The Hall–Kier alpha value is -0.380. The molecule has 0 saturated heterocycles. The Morgan fingerprint density at radius 2 is 1.86 bits per heavy atom. The van der Waals surface area contributed by atoms with Crippen LogP contribution in [0.1, 0.15) is 58.8 Å². The third-order valence-electron chi connectivity index (χ3n) is 7.64. The highest BCUT2D eigenvalue weighted by molar-refractivity contribution is 5.29. The van der Waals surface area contributed by atoms with E-state index in [0.717, 1.165) is 44.9 Å². The lowest BCUT2D eigenvalue weighted by molar-refractivity contribution is -0.0775. The molecule has 0 aromatic heterocycles. The Kier molecular flexibility index (Phi) is 3.49. The fraction of sp³-hybridized carbons (Fsp3) is 0.895. The fourth-order valence-corrected chi connectivity index (χ4v) is 6.55. The zero-order chi connectivity index (χ0) is 15.6. The zero-order valence-electron chi connectivity index (χ0n) is 13.8. The van der Waals surface area contributed by atoms with Crippen LogP contribution >= 0.6 is 0 Å². The van der Waals surface area contributed by atoms with E-state index in [1.807, 2.05) is 0 Å². The SMILES string of the molecule is CC1CC2C3C(O)CC4=C(CC[C@H](O)C4)C3CC[C@]2(C)[C@H]1O. The summed E-state index contributed by atoms with van der Waals surface area (Å²) in [6.07, 6.45) is 5.98. The van der Waals surface area contributed by atoms with Gasteiger partial charge in [-0.1, -0.05) is 25.0 Å². The molecule has 22 heavy (non-hydrogen) atoms. The van der Waals surface area contributed by atoms with Crippen LogP contribution in [0.4, 0.5) is 0 Å². The van der Waals surface area contributed by atoms with Crippen molar-refractivity contribution in [2.24, 2.45) is 29.1 Å². The van der Waals surface area contributed by atoms with Crippen molar-refractivity contribution in [2.75, 3.05) is 0 Å². The van der Waals surface area contributed by atoms with Gasteiger partial charge in [-0.25, -0.2) is 0 Å². The molecule has 4 rings (SSSR count). The molecular weight excluding hydrogens is 276 g/mol. The first-order chi connectivity index (χ1) is 10.4. The molecule has 0 heterocycles. The molecule has 0 aromatic rings. The molecule has 3 nitrogen and oxygen atoms in total. The van der Waals surface area contributed by atoms with E-state index in [4.69, 9.17) is 0 Å². The van der Waals surface area contributed by atoms with E-state index in [0.29, 0.717) is 23.7 Å². The first-order valence-electron chi connectivity index (χ1n) is 9.17. The third-order valence-corrected chi connectivity index (χ3v) is 7.64. The lowest BCUT2D eigenvalue weighted by Crippen LogP contribution is -2.50. The van der Waals surface area contributed by atoms with Crippen LogP contribution in [0.25, 0.3) is 0 Å². The molecule has 0 aromatic carbocycles. The van der Waals surface area contributed by atoms with Gasteiger partial charge in [-0.05, 0) is 74.0 Å². The van der Waals surface area contributed by atoms with E-state index in [1.165, 1.54) is 5.57 Å². The summed E-state index contributed by atoms with van der Waals surface area (Å²) in [6, 6.07) is 0. The van der Waals surface area contributed by atoms with Gasteiger partial charge < -0.3 is 15.3 Å². The number of aliphatic hydroxyl groups excluding tert-OH is 3. The number of hydrogen-bond acceptors (Lipinski definition) is 3. The normalized spacial score (nSPS) is 54.7. The molecule has 3 heteroatoms. The number of aliphatic hydroxyl groups is 3. The van der Waals surface area contributed by atoms with E-state index in [9.17, 15) is 15.3 Å². The van der Waals surface area contributed by atoms with Crippen LogP contribution in [0, 0.1) is 29.1 Å². The maximum Gasteiger partial charge on any atom is 0.0622 e. The first kappa shape index (κ1) is 15.2. The van der Waals surface area contributed by atoms with Gasteiger partial charge in [0.1, 0.15) is 0 Å². The van der Waals surface area contributed by atoms with Gasteiger partial charge in [-0.2, -0.15) is 0 Å². The number of rotatable bonds is 0. The quantitative estimate of drug-likeness (QED) is 0.603. The smallest absolute Gasteiger partial charge is 0.0622 e. The van der Waals surface area contributed by atoms with E-state index < -0.39 is 0 Å². The van der Waals surface area contributed by atoms with Gasteiger partial charge in [0.05, 0.1) is 18.3 Å². The van der Waals surface area contributed by atoms with E-state index in [1.54, 1.807) is 5.57 Å². The summed E-state index contributed by atoms with van der Waals surface area (Å²) in [6.45, 7) is 4.42. The van der Waals surface area contributed by atoms with Gasteiger partial charge in [0.2, 0.25) is 0 Å². The highest BCUT2D eigenvalue weighted by Gasteiger charge is 2.59. The highest BCUT2D eigenvalue weighted by atomic mass is 16.3. The second-order valence-corrected chi connectivity index (χ2v) is 8.79. The van der Waals surface area contributed by atoms with Gasteiger partial charge in [0.25, 0.3) is 0 Å². The minimum absolute atomic E-state index is 0.00614. The maximum absolute atomic E-state index is 10.9. The Bertz CT molecular complexity index is 499. The largest absolute Gasteiger partial charge is 0.393 e. The van der Waals surface area contributed by atoms with Crippen LogP contribution in [0.2, 0.25) is 0 Å². The standard InChI is InChI=1S/C19H30O3/c1-10-7-15-17-14(5-6-19(15,2)18(10)22)13-4-3-12(20)8-11(13)9-16(17)21/h10,12,14-18,20-22H,3-9H2,1-2H3/t10?,12-,14?,15?,16?,17?,18-,19-/m0/s1. The summed E-state index contributed by atoms with van der Waals surface area (Å²) in [5.41, 5.74) is 2.91. The monoisotopic (exact) mass is 306 g/mol. The van der Waals surface area contributed by atoms with Crippen molar-refractivity contribution in [3.63, 3.8) is 0 Å². The summed E-state index contributed by atoms with van der Waals surface area (Å²) < 4.78 is 0. The molecule has 2 fully saturated rings. The summed E-state index contributed by atoms with van der Waals surface area (Å²) in [4.78, 5) is 0. The molecule has 4 aliphatic carbocycles. The van der Waals surface area contributed by atoms with Gasteiger partial charge in [-0.3, -0.25) is 0 Å². The van der Waals surface area contributed by atoms with E-state index >= 15 is 0 Å². The average molecular weight is 306 g/mol. The van der Waals surface area contributed by atoms with Crippen LogP contribution in [0.5, 0.6) is 0 Å². The molecule has 0 spiro atoms. The maximum atomic E-state index is 10.9. The minimum Gasteiger partial charge on any atom is -0.393 e. The van der Waals surface area contributed by atoms with Crippen molar-refractivity contribution >= 4 is 0 Å². The van der Waals surface area contributed by atoms with Crippen molar-refractivity contribution in [1.29, 1.82) is 0 Å². The van der Waals surface area contributed by atoms with Gasteiger partial charge in [0.15, 0.2) is 0 Å². The zero-order valence-corrected chi connectivity index (χ0v) is 13.8. The first-order valence-corrected chi connectivity index (χ1v) is 9.17. The summed E-state index contributed by atoms with van der Waals surface area (Å²) in [7, 11) is 0. The van der Waals surface area contributed by atoms with Crippen LogP contribution in [0.3, 0.4) is 0 Å². The minimum atomic E-state index is -0.281. The van der Waals surface area contributed by atoms with Gasteiger partial charge in [0, 0.05) is 0 Å². The molecule has 8 atom stereocenters. The van der Waals surface area contributed by atoms with Crippen LogP contribution in [0.15, 0.2) is 11.1 Å². The molecule has 124 valence electrons. The Labute approximate surface area is 133 Å². The van der Waals surface area contributed by atoms with Crippen LogP contribution in [-0.2, 0) is 0 Å². The van der Waals surface area contributed by atoms with Gasteiger partial charge in [-0.15, -0.1) is 0 Å². The molecule has 2 saturated carbocycles. The molecule has 5 unspecified atom stereocenters. The summed E-state index contributed by atoms with van der Waals surface area (Å²) in [5, 5.41) is 31.5. The molecule has 0 bridgehead atoms. The van der Waals surface area contributed by atoms with Crippen LogP contribution < -0.4 is 0 Å². The third kappa shape index (κ3) is 1.98. The van der Waals surface area contributed by atoms with Crippen molar-refractivity contribution in [3.05, 3.63) is 11.1 Å². The molecular formula is C19H30O3. The average Bonchev–Trinajstić information content (AvgIpc) is 2.70. The number of hydrogen-bond donors (Lipinski definition) is 3.